The zero-order valence-electron chi connectivity index (χ0n) is 56.6. The molecule has 3 heterocycles. The Hall–Kier alpha value is -8.33. The van der Waals surface area contributed by atoms with Crippen LogP contribution in [0.1, 0.15) is 137 Å². The van der Waals surface area contributed by atoms with Gasteiger partial charge in [0.2, 0.25) is 0 Å². The number of hydrogen-bond acceptors (Lipinski definition) is 11. The number of ether oxygens (including phenoxy) is 5. The van der Waals surface area contributed by atoms with Crippen molar-refractivity contribution in [3.8, 4) is 50.6 Å². The summed E-state index contributed by atoms with van der Waals surface area (Å²) < 4.78 is 28.0. The van der Waals surface area contributed by atoms with E-state index in [-0.39, 0.29) is 0 Å². The van der Waals surface area contributed by atoms with Gasteiger partial charge in [-0.1, -0.05) is 116 Å². The van der Waals surface area contributed by atoms with Crippen LogP contribution in [0.2, 0.25) is 0 Å². The molecular formula is C79H101N3O11. The quantitative estimate of drug-likeness (QED) is 0.0417. The van der Waals surface area contributed by atoms with Crippen LogP contribution in [0.15, 0.2) is 144 Å². The second-order valence-electron chi connectivity index (χ2n) is 25.4. The third-order valence-corrected chi connectivity index (χ3v) is 16.2. The highest BCUT2D eigenvalue weighted by Crippen LogP contribution is 2.37. The summed E-state index contributed by atoms with van der Waals surface area (Å²) in [6.45, 7) is 29.4. The van der Waals surface area contributed by atoms with E-state index in [1.54, 1.807) is 0 Å². The lowest BCUT2D eigenvalue weighted by Crippen LogP contribution is -2.30. The van der Waals surface area contributed by atoms with E-state index in [0.29, 0.717) is 86.8 Å². The summed E-state index contributed by atoms with van der Waals surface area (Å²) in [5.74, 6) is 1.63. The Labute approximate surface area is 553 Å². The van der Waals surface area contributed by atoms with Crippen LogP contribution in [0.25, 0.3) is 51.6 Å². The lowest BCUT2D eigenvalue weighted by atomic mass is 9.96. The van der Waals surface area contributed by atoms with Crippen molar-refractivity contribution >= 4 is 53.2 Å². The molecule has 0 radical (unpaired) electrons. The number of unbranched alkanes of at least 4 members (excludes halogenated alkanes) is 1. The maximum atomic E-state index is 11.7. The third-order valence-electron chi connectivity index (χ3n) is 16.2. The number of rotatable bonds is 27. The Morgan fingerprint density at radius 2 is 0.699 bits per heavy atom. The fraction of sp³-hybridized carbons (Fsp3) is 0.430. The second kappa shape index (κ2) is 37.4. The first-order chi connectivity index (χ1) is 44.9. The van der Waals surface area contributed by atoms with E-state index in [4.69, 9.17) is 23.7 Å². The van der Waals surface area contributed by atoms with Crippen molar-refractivity contribution in [1.82, 2.24) is 0 Å². The molecule has 0 amide bonds. The lowest BCUT2D eigenvalue weighted by Gasteiger charge is -2.30. The third kappa shape index (κ3) is 22.7. The Balaban J connectivity index is 0.000000198. The average molecular weight is 1270 g/mol. The van der Waals surface area contributed by atoms with Gasteiger partial charge >= 0.3 is 17.9 Å². The number of benzene rings is 6. The first-order valence-electron chi connectivity index (χ1n) is 33.8. The molecule has 14 heteroatoms. The number of carbonyl (C=O) groups is 3. The minimum Gasteiger partial charge on any atom is -0.494 e. The maximum Gasteiger partial charge on any atom is 0.331 e. The van der Waals surface area contributed by atoms with Crippen LogP contribution in [0.4, 0.5) is 17.1 Å². The minimum atomic E-state index is -0.831. The molecule has 6 aromatic rings. The molecule has 3 aliphatic rings. The Morgan fingerprint density at radius 3 is 0.989 bits per heavy atom. The molecule has 0 aromatic heterocycles. The summed E-state index contributed by atoms with van der Waals surface area (Å²) in [7, 11) is 0. The highest BCUT2D eigenvalue weighted by atomic mass is 16.5. The van der Waals surface area contributed by atoms with Crippen molar-refractivity contribution in [1.29, 1.82) is 0 Å². The highest BCUT2D eigenvalue weighted by Gasteiger charge is 2.23. The number of fused-ring (bicyclic) bond motifs is 3. The number of aliphatic carboxylic acids is 3. The molecular weight excluding hydrogens is 1170 g/mol. The van der Waals surface area contributed by atoms with E-state index >= 15 is 0 Å². The second-order valence-corrected chi connectivity index (χ2v) is 25.4. The van der Waals surface area contributed by atoms with Crippen LogP contribution in [0.5, 0.6) is 17.2 Å². The summed E-state index contributed by atoms with van der Waals surface area (Å²) in [6.07, 6.45) is 13.0. The Kier molecular flexibility index (Phi) is 29.0. The predicted octanol–water partition coefficient (Wildman–Crippen LogP) is 17.6. The van der Waals surface area contributed by atoms with Crippen molar-refractivity contribution in [2.75, 3.05) is 100 Å². The van der Waals surface area contributed by atoms with E-state index in [1.165, 1.54) is 0 Å². The van der Waals surface area contributed by atoms with Crippen LogP contribution in [-0.2, 0) is 23.9 Å². The van der Waals surface area contributed by atoms with Gasteiger partial charge in [0.05, 0.1) is 19.8 Å². The zero-order valence-corrected chi connectivity index (χ0v) is 56.6. The van der Waals surface area contributed by atoms with Gasteiger partial charge in [0.15, 0.2) is 0 Å². The Morgan fingerprint density at radius 1 is 0.387 bits per heavy atom. The molecule has 0 unspecified atom stereocenters. The zero-order chi connectivity index (χ0) is 66.7. The number of carboxylic acids is 3. The van der Waals surface area contributed by atoms with Crippen molar-refractivity contribution in [2.24, 2.45) is 17.8 Å². The summed E-state index contributed by atoms with van der Waals surface area (Å²) in [5.41, 5.74) is 14.1. The molecule has 93 heavy (non-hydrogen) atoms. The van der Waals surface area contributed by atoms with Gasteiger partial charge < -0.3 is 53.7 Å². The number of anilines is 3. The van der Waals surface area contributed by atoms with Gasteiger partial charge in [0.1, 0.15) is 30.5 Å². The van der Waals surface area contributed by atoms with E-state index < -0.39 is 17.9 Å². The predicted molar refractivity (Wildman–Crippen MR) is 380 cm³/mol. The van der Waals surface area contributed by atoms with Gasteiger partial charge in [0.25, 0.3) is 0 Å². The van der Waals surface area contributed by atoms with Gasteiger partial charge in [0, 0.05) is 86.3 Å². The molecule has 14 nitrogen and oxygen atoms in total. The molecule has 3 aliphatic heterocycles. The van der Waals surface area contributed by atoms with Gasteiger partial charge in [-0.2, -0.15) is 0 Å². The minimum absolute atomic E-state index is 0.473. The van der Waals surface area contributed by atoms with E-state index in [2.05, 4.69) is 137 Å². The fourth-order valence-electron chi connectivity index (χ4n) is 11.7. The molecule has 0 aliphatic carbocycles. The van der Waals surface area contributed by atoms with E-state index in [1.807, 2.05) is 85.8 Å². The summed E-state index contributed by atoms with van der Waals surface area (Å²) in [4.78, 5) is 42.3. The monoisotopic (exact) mass is 1270 g/mol. The SMILES string of the molecule is CCCCOc1ccc(-c2ccc3c(c2)C=C(C(=O)O)CCCN3CC(C)C)cc1.CCCOCCOc1ccc(-c2ccc3c(c2)C=C(C(=O)O)CCCN3CC(C)C)cc1.CCOCCOc1ccc(-c2ccc3c(c2)C=C(C(=O)O)CCCN3CC(C)C)cc1. The first-order valence-corrected chi connectivity index (χ1v) is 33.8. The van der Waals surface area contributed by atoms with Gasteiger partial charge in [-0.3, -0.25) is 0 Å². The van der Waals surface area contributed by atoms with E-state index in [9.17, 15) is 29.7 Å². The molecule has 3 N–H and O–H groups in total. The number of hydrogen-bond donors (Lipinski definition) is 3. The molecule has 0 atom stereocenters. The van der Waals surface area contributed by atoms with Crippen LogP contribution in [0.3, 0.4) is 0 Å². The van der Waals surface area contributed by atoms with Crippen molar-refractivity contribution < 1.29 is 53.4 Å². The first kappa shape index (κ1) is 72.1. The van der Waals surface area contributed by atoms with Crippen molar-refractivity contribution in [3.05, 3.63) is 161 Å². The molecule has 498 valence electrons. The van der Waals surface area contributed by atoms with Crippen LogP contribution in [-0.4, -0.2) is 119 Å². The lowest BCUT2D eigenvalue weighted by molar-refractivity contribution is -0.133. The topological polar surface area (TPSA) is 168 Å². The largest absolute Gasteiger partial charge is 0.494 e. The van der Waals surface area contributed by atoms with Gasteiger partial charge in [-0.15, -0.1) is 0 Å². The normalized spacial score (nSPS) is 13.9. The van der Waals surface area contributed by atoms with Gasteiger partial charge in [-0.25, -0.2) is 14.4 Å². The molecule has 0 spiro atoms. The molecule has 0 fully saturated rings. The van der Waals surface area contributed by atoms with Crippen LogP contribution < -0.4 is 28.9 Å². The molecule has 0 bridgehead atoms. The Bertz CT molecular complexity index is 3420. The van der Waals surface area contributed by atoms with Crippen LogP contribution in [0, 0.1) is 17.8 Å². The molecule has 6 aromatic carbocycles. The van der Waals surface area contributed by atoms with Crippen molar-refractivity contribution in [2.45, 2.75) is 120 Å². The number of nitrogens with zero attached hydrogens (tertiary/aromatic N) is 3. The van der Waals surface area contributed by atoms with E-state index in [0.717, 1.165) is 175 Å². The summed E-state index contributed by atoms with van der Waals surface area (Å²) >= 11 is 0. The average Bonchev–Trinajstić information content (AvgIpc) is 0.836. The smallest absolute Gasteiger partial charge is 0.331 e. The maximum absolute atomic E-state index is 11.7. The number of carboxylic acid groups (broad SMARTS) is 3. The molecule has 9 rings (SSSR count). The summed E-state index contributed by atoms with van der Waals surface area (Å²) in [5, 5.41) is 28.8. The molecule has 0 saturated carbocycles. The molecule has 0 saturated heterocycles. The highest BCUT2D eigenvalue weighted by molar-refractivity contribution is 5.96. The van der Waals surface area contributed by atoms with Crippen molar-refractivity contribution in [3.63, 3.8) is 0 Å². The standard InChI is InChI=1S/C27H35NO4.C26H33NO4.C26H33NO3/c1-4-14-31-15-16-32-25-10-7-21(8-11-25)22-9-12-26-24(17-22)18-23(27(29)30)6-5-13-28(26)19-20(2)3;1-4-30-14-15-31-24-10-7-20(8-11-24)21-9-12-25-23(16-21)17-22(26(28)29)6-5-13-27(25)18-19(2)3;1-4-5-15-30-24-11-8-20(9-12-24)21-10-13-25-23(16-21)17-22(26(28)29)7-6-14-27(25)18-19(2)3/h7-12,17-18,20H,4-6,13-16,19H2,1-3H3,(H,29,30);7-12,16-17,19H,4-6,13-15,18H2,1-3H3,(H,28,29);8-13,16-17,19H,4-7,14-15,18H2,1-3H3,(H,28,29). The summed E-state index contributed by atoms with van der Waals surface area (Å²) in [6, 6.07) is 43.2. The fourth-order valence-corrected chi connectivity index (χ4v) is 11.7. The van der Waals surface area contributed by atoms with Crippen LogP contribution >= 0.6 is 0 Å². The van der Waals surface area contributed by atoms with Gasteiger partial charge in [-0.05, 0) is 217 Å².